The molecule has 0 spiro atoms. The fourth-order valence-electron chi connectivity index (χ4n) is 2.57. The second kappa shape index (κ2) is 7.36. The van der Waals surface area contributed by atoms with E-state index in [1.54, 1.807) is 6.07 Å². The fourth-order valence-corrected chi connectivity index (χ4v) is 2.57. The number of rotatable bonds is 6. The third kappa shape index (κ3) is 4.02. The van der Waals surface area contributed by atoms with Crippen molar-refractivity contribution < 1.29 is 9.66 Å². The van der Waals surface area contributed by atoms with E-state index < -0.39 is 0 Å². The maximum absolute atomic E-state index is 11.0. The van der Waals surface area contributed by atoms with Crippen LogP contribution in [0.4, 0.5) is 5.69 Å². The quantitative estimate of drug-likeness (QED) is 0.592. The van der Waals surface area contributed by atoms with E-state index in [2.05, 4.69) is 4.90 Å². The van der Waals surface area contributed by atoms with Crippen LogP contribution in [0.3, 0.4) is 0 Å². The molecule has 0 N–H and O–H groups in total. The number of nitro groups is 1. The minimum atomic E-state index is -0.274. The van der Waals surface area contributed by atoms with Gasteiger partial charge >= 0.3 is 0 Å². The molecule has 1 aromatic rings. The Morgan fingerprint density at radius 3 is 2.75 bits per heavy atom. The lowest BCUT2D eigenvalue weighted by Crippen LogP contribution is -2.36. The molecule has 20 heavy (non-hydrogen) atoms. The van der Waals surface area contributed by atoms with E-state index in [9.17, 15) is 10.1 Å². The number of nitrogens with zero attached hydrogens (tertiary/aromatic N) is 2. The van der Waals surface area contributed by atoms with Gasteiger partial charge in [-0.15, -0.1) is 0 Å². The first-order chi connectivity index (χ1) is 9.70. The Bertz CT molecular complexity index is 456. The highest BCUT2D eigenvalue weighted by Gasteiger charge is 2.13. The first kappa shape index (κ1) is 14.9. The van der Waals surface area contributed by atoms with Crippen molar-refractivity contribution in [3.8, 4) is 0 Å². The first-order valence-corrected chi connectivity index (χ1v) is 7.27. The monoisotopic (exact) mass is 278 g/mol. The maximum atomic E-state index is 11.0. The minimum absolute atomic E-state index is 0.261. The molecule has 2 rings (SSSR count). The number of morpholine rings is 1. The molecule has 110 valence electrons. The van der Waals surface area contributed by atoms with E-state index in [4.69, 9.17) is 4.74 Å². The van der Waals surface area contributed by atoms with E-state index in [-0.39, 0.29) is 10.6 Å². The molecule has 1 aromatic carbocycles. The highest BCUT2D eigenvalue weighted by Crippen LogP contribution is 2.21. The summed E-state index contributed by atoms with van der Waals surface area (Å²) in [6.07, 6.45) is 2.62. The van der Waals surface area contributed by atoms with Crippen molar-refractivity contribution in [1.82, 2.24) is 4.90 Å². The van der Waals surface area contributed by atoms with Crippen molar-refractivity contribution in [2.24, 2.45) is 0 Å². The molecule has 0 unspecified atom stereocenters. The molecule has 1 aliphatic rings. The summed E-state index contributed by atoms with van der Waals surface area (Å²) in [4.78, 5) is 13.2. The van der Waals surface area contributed by atoms with Crippen molar-refractivity contribution in [2.45, 2.75) is 26.2 Å². The van der Waals surface area contributed by atoms with E-state index in [1.165, 1.54) is 0 Å². The van der Waals surface area contributed by atoms with Gasteiger partial charge in [0.25, 0.3) is 5.69 Å². The van der Waals surface area contributed by atoms with Crippen molar-refractivity contribution in [1.29, 1.82) is 0 Å². The molecule has 0 amide bonds. The molecule has 1 saturated heterocycles. The predicted octanol–water partition coefficient (Wildman–Crippen LogP) is 2.42. The summed E-state index contributed by atoms with van der Waals surface area (Å²) in [5.74, 6) is 0. The molecule has 0 aromatic heterocycles. The van der Waals surface area contributed by atoms with Gasteiger partial charge in [0.2, 0.25) is 0 Å². The predicted molar refractivity (Wildman–Crippen MR) is 78.1 cm³/mol. The molecular formula is C15H22N2O3. The topological polar surface area (TPSA) is 55.6 Å². The van der Waals surface area contributed by atoms with Crippen molar-refractivity contribution in [3.63, 3.8) is 0 Å². The normalized spacial score (nSPS) is 16.2. The van der Waals surface area contributed by atoms with Gasteiger partial charge in [-0.1, -0.05) is 19.1 Å². The number of hydrogen-bond donors (Lipinski definition) is 0. The van der Waals surface area contributed by atoms with Gasteiger partial charge in [-0.2, -0.15) is 0 Å². The number of aryl methyl sites for hydroxylation is 2. The van der Waals surface area contributed by atoms with Gasteiger partial charge in [0.15, 0.2) is 0 Å². The van der Waals surface area contributed by atoms with E-state index >= 15 is 0 Å². The minimum Gasteiger partial charge on any atom is -0.379 e. The zero-order chi connectivity index (χ0) is 14.4. The van der Waals surface area contributed by atoms with Gasteiger partial charge in [-0.25, -0.2) is 0 Å². The van der Waals surface area contributed by atoms with E-state index in [0.29, 0.717) is 6.42 Å². The third-order valence-corrected chi connectivity index (χ3v) is 3.77. The average Bonchev–Trinajstić information content (AvgIpc) is 2.48. The SMILES string of the molecule is CCc1ccc(CCCN2CCOCC2)cc1[N+](=O)[O-]. The summed E-state index contributed by atoms with van der Waals surface area (Å²) >= 11 is 0. The van der Waals surface area contributed by atoms with Crippen LogP contribution in [-0.2, 0) is 17.6 Å². The lowest BCUT2D eigenvalue weighted by Gasteiger charge is -2.26. The number of hydrogen-bond acceptors (Lipinski definition) is 4. The van der Waals surface area contributed by atoms with Crippen LogP contribution in [0, 0.1) is 10.1 Å². The Morgan fingerprint density at radius 2 is 2.10 bits per heavy atom. The second-order valence-electron chi connectivity index (χ2n) is 5.13. The van der Waals surface area contributed by atoms with Crippen LogP contribution in [0.2, 0.25) is 0 Å². The standard InChI is InChI=1S/C15H22N2O3/c1-2-14-6-5-13(12-15(14)17(18)19)4-3-7-16-8-10-20-11-9-16/h5-6,12H,2-4,7-11H2,1H3. The smallest absolute Gasteiger partial charge is 0.272 e. The van der Waals surface area contributed by atoms with E-state index in [1.807, 2.05) is 19.1 Å². The van der Waals surface area contributed by atoms with Crippen LogP contribution >= 0.6 is 0 Å². The van der Waals surface area contributed by atoms with E-state index in [0.717, 1.165) is 56.8 Å². The molecule has 0 atom stereocenters. The summed E-state index contributed by atoms with van der Waals surface area (Å²) in [5.41, 5.74) is 2.13. The Labute approximate surface area is 119 Å². The first-order valence-electron chi connectivity index (χ1n) is 7.27. The molecule has 0 aliphatic carbocycles. The maximum Gasteiger partial charge on any atom is 0.272 e. The van der Waals surface area contributed by atoms with Gasteiger partial charge in [0, 0.05) is 24.7 Å². The lowest BCUT2D eigenvalue weighted by molar-refractivity contribution is -0.385. The Kier molecular flexibility index (Phi) is 5.49. The highest BCUT2D eigenvalue weighted by molar-refractivity contribution is 5.43. The average molecular weight is 278 g/mol. The summed E-state index contributed by atoms with van der Waals surface area (Å²) in [5, 5.41) is 11.0. The Hall–Kier alpha value is -1.46. The van der Waals surface area contributed by atoms with Crippen LogP contribution < -0.4 is 0 Å². The van der Waals surface area contributed by atoms with Gasteiger partial charge in [-0.05, 0) is 31.4 Å². The molecule has 1 aliphatic heterocycles. The summed E-state index contributed by atoms with van der Waals surface area (Å²) < 4.78 is 5.32. The number of nitro benzene ring substituents is 1. The molecular weight excluding hydrogens is 256 g/mol. The van der Waals surface area contributed by atoms with Crippen LogP contribution in [0.15, 0.2) is 18.2 Å². The van der Waals surface area contributed by atoms with Crippen molar-refractivity contribution in [3.05, 3.63) is 39.4 Å². The summed E-state index contributed by atoms with van der Waals surface area (Å²) in [6.45, 7) is 6.60. The van der Waals surface area contributed by atoms with Gasteiger partial charge in [0.05, 0.1) is 18.1 Å². The lowest BCUT2D eigenvalue weighted by atomic mass is 10.0. The zero-order valence-corrected chi connectivity index (χ0v) is 12.0. The summed E-state index contributed by atoms with van der Waals surface area (Å²) in [7, 11) is 0. The van der Waals surface area contributed by atoms with Crippen LogP contribution in [0.25, 0.3) is 0 Å². The number of benzene rings is 1. The molecule has 1 heterocycles. The highest BCUT2D eigenvalue weighted by atomic mass is 16.6. The molecule has 5 nitrogen and oxygen atoms in total. The van der Waals surface area contributed by atoms with Crippen molar-refractivity contribution in [2.75, 3.05) is 32.8 Å². The Morgan fingerprint density at radius 1 is 1.35 bits per heavy atom. The zero-order valence-electron chi connectivity index (χ0n) is 12.0. The fraction of sp³-hybridized carbons (Fsp3) is 0.600. The molecule has 0 saturated carbocycles. The van der Waals surface area contributed by atoms with Gasteiger partial charge < -0.3 is 4.74 Å². The largest absolute Gasteiger partial charge is 0.379 e. The molecule has 5 heteroatoms. The number of ether oxygens (including phenoxy) is 1. The second-order valence-corrected chi connectivity index (χ2v) is 5.13. The van der Waals surface area contributed by atoms with Gasteiger partial charge in [-0.3, -0.25) is 15.0 Å². The van der Waals surface area contributed by atoms with Crippen LogP contribution in [0.5, 0.6) is 0 Å². The molecule has 0 bridgehead atoms. The molecule has 0 radical (unpaired) electrons. The van der Waals surface area contributed by atoms with Gasteiger partial charge in [0.1, 0.15) is 0 Å². The third-order valence-electron chi connectivity index (χ3n) is 3.77. The Balaban J connectivity index is 1.89. The summed E-state index contributed by atoms with van der Waals surface area (Å²) in [6, 6.07) is 5.64. The van der Waals surface area contributed by atoms with Crippen LogP contribution in [-0.4, -0.2) is 42.7 Å². The molecule has 1 fully saturated rings. The van der Waals surface area contributed by atoms with Crippen molar-refractivity contribution >= 4 is 5.69 Å². The van der Waals surface area contributed by atoms with Crippen LogP contribution in [0.1, 0.15) is 24.5 Å².